The lowest BCUT2D eigenvalue weighted by Crippen LogP contribution is -2.37. The lowest BCUT2D eigenvalue weighted by Gasteiger charge is -2.23. The smallest absolute Gasteiger partial charge is 0.129 e. The van der Waals surface area contributed by atoms with Crippen molar-refractivity contribution in [2.24, 2.45) is 0 Å². The molecule has 0 saturated heterocycles. The average Bonchev–Trinajstić information content (AvgIpc) is 3.00. The number of rotatable bonds is 3. The summed E-state index contributed by atoms with van der Waals surface area (Å²) < 4.78 is 1.91. The first-order chi connectivity index (χ1) is 9.11. The van der Waals surface area contributed by atoms with E-state index in [0.717, 1.165) is 11.3 Å². The number of thiocarbonyl (C=S) groups is 1. The largest absolute Gasteiger partial charge is 0.381 e. The summed E-state index contributed by atoms with van der Waals surface area (Å²) in [6, 6.07) is 10.0. The van der Waals surface area contributed by atoms with E-state index >= 15 is 0 Å². The second kappa shape index (κ2) is 5.21. The molecule has 0 aliphatic heterocycles. The zero-order valence-corrected chi connectivity index (χ0v) is 11.6. The molecule has 4 nitrogen and oxygen atoms in total. The first kappa shape index (κ1) is 13.2. The monoisotopic (exact) mass is 270 g/mol. The van der Waals surface area contributed by atoms with E-state index in [1.807, 2.05) is 42.0 Å². The van der Waals surface area contributed by atoms with Crippen molar-refractivity contribution in [3.05, 3.63) is 48.5 Å². The maximum absolute atomic E-state index is 9.40. The van der Waals surface area contributed by atoms with Crippen molar-refractivity contribution >= 4 is 17.2 Å². The molecule has 0 amide bonds. The molecule has 2 rings (SSSR count). The summed E-state index contributed by atoms with van der Waals surface area (Å²) in [5.41, 5.74) is 1.06. The minimum atomic E-state index is -0.808. The summed E-state index contributed by atoms with van der Waals surface area (Å²) in [6.07, 6.45) is 5.33. The Labute approximate surface area is 117 Å². The van der Waals surface area contributed by atoms with Crippen molar-refractivity contribution in [2.75, 3.05) is 7.05 Å². The molecule has 2 aromatic rings. The predicted octanol–water partition coefficient (Wildman–Crippen LogP) is 2.20. The summed E-state index contributed by atoms with van der Waals surface area (Å²) in [5, 5.41) is 12.3. The van der Waals surface area contributed by atoms with Crippen LogP contribution in [0.4, 0.5) is 0 Å². The van der Waals surface area contributed by atoms with Crippen LogP contribution in [0.5, 0.6) is 0 Å². The van der Waals surface area contributed by atoms with Crippen LogP contribution in [0.3, 0.4) is 0 Å². The van der Waals surface area contributed by atoms with Gasteiger partial charge in [-0.2, -0.15) is 5.26 Å². The molecule has 1 N–H and O–H groups in total. The van der Waals surface area contributed by atoms with Crippen molar-refractivity contribution < 1.29 is 0 Å². The summed E-state index contributed by atoms with van der Waals surface area (Å²) in [4.78, 5) is 4.53. The summed E-state index contributed by atoms with van der Waals surface area (Å²) in [7, 11) is 1.73. The molecule has 0 saturated carbocycles. The molecule has 0 radical (unpaired) electrons. The molecule has 1 aromatic heterocycles. The van der Waals surface area contributed by atoms with Crippen LogP contribution in [0.1, 0.15) is 12.5 Å². The molecule has 1 aromatic carbocycles. The van der Waals surface area contributed by atoms with Gasteiger partial charge in [0.2, 0.25) is 0 Å². The van der Waals surface area contributed by atoms with Gasteiger partial charge in [0.1, 0.15) is 5.41 Å². The highest BCUT2D eigenvalue weighted by molar-refractivity contribution is 7.80. The molecular weight excluding hydrogens is 256 g/mol. The van der Waals surface area contributed by atoms with Gasteiger partial charge in [0.25, 0.3) is 0 Å². The minimum Gasteiger partial charge on any atom is -0.381 e. The van der Waals surface area contributed by atoms with Crippen LogP contribution in [0.2, 0.25) is 0 Å². The SMILES string of the molecule is CNC(=S)C(C)(C#N)c1ccc(-n2ccnc2)cc1. The molecule has 0 bridgehead atoms. The van der Waals surface area contributed by atoms with Gasteiger partial charge in [0, 0.05) is 25.1 Å². The van der Waals surface area contributed by atoms with Crippen molar-refractivity contribution in [3.63, 3.8) is 0 Å². The van der Waals surface area contributed by atoms with Crippen LogP contribution in [0, 0.1) is 11.3 Å². The Kier molecular flexibility index (Phi) is 3.63. The maximum Gasteiger partial charge on any atom is 0.129 e. The van der Waals surface area contributed by atoms with Crippen LogP contribution in [-0.4, -0.2) is 21.6 Å². The van der Waals surface area contributed by atoms with Gasteiger partial charge in [-0.15, -0.1) is 0 Å². The van der Waals surface area contributed by atoms with Crippen LogP contribution < -0.4 is 5.32 Å². The average molecular weight is 270 g/mol. The van der Waals surface area contributed by atoms with Crippen molar-refractivity contribution in [1.82, 2.24) is 14.9 Å². The Morgan fingerprint density at radius 1 is 1.42 bits per heavy atom. The van der Waals surface area contributed by atoms with E-state index in [2.05, 4.69) is 16.4 Å². The second-order valence-corrected chi connectivity index (χ2v) is 4.74. The second-order valence-electron chi connectivity index (χ2n) is 4.33. The molecular formula is C14H14N4S. The quantitative estimate of drug-likeness (QED) is 0.869. The summed E-state index contributed by atoms with van der Waals surface area (Å²) in [5.74, 6) is 0. The number of nitrogens with one attached hydrogen (secondary N) is 1. The van der Waals surface area contributed by atoms with E-state index in [-0.39, 0.29) is 0 Å². The van der Waals surface area contributed by atoms with Gasteiger partial charge in [-0.25, -0.2) is 4.98 Å². The first-order valence-electron chi connectivity index (χ1n) is 5.84. The summed E-state index contributed by atoms with van der Waals surface area (Å²) >= 11 is 5.24. The Morgan fingerprint density at radius 2 is 2.11 bits per heavy atom. The van der Waals surface area contributed by atoms with E-state index in [1.54, 1.807) is 19.6 Å². The number of hydrogen-bond donors (Lipinski definition) is 1. The number of nitrogens with zero attached hydrogens (tertiary/aromatic N) is 3. The van der Waals surface area contributed by atoms with Crippen LogP contribution in [0.15, 0.2) is 43.0 Å². The minimum absolute atomic E-state index is 0.519. The van der Waals surface area contributed by atoms with E-state index in [9.17, 15) is 5.26 Å². The van der Waals surface area contributed by atoms with E-state index in [1.165, 1.54) is 0 Å². The van der Waals surface area contributed by atoms with Gasteiger partial charge in [-0.3, -0.25) is 0 Å². The highest BCUT2D eigenvalue weighted by Gasteiger charge is 2.31. The zero-order chi connectivity index (χ0) is 13.9. The number of benzene rings is 1. The van der Waals surface area contributed by atoms with Crippen LogP contribution in [-0.2, 0) is 5.41 Å². The van der Waals surface area contributed by atoms with Crippen LogP contribution >= 0.6 is 12.2 Å². The Morgan fingerprint density at radius 3 is 2.58 bits per heavy atom. The van der Waals surface area contributed by atoms with Crippen molar-refractivity contribution in [2.45, 2.75) is 12.3 Å². The topological polar surface area (TPSA) is 53.6 Å². The molecule has 19 heavy (non-hydrogen) atoms. The highest BCUT2D eigenvalue weighted by atomic mass is 32.1. The summed E-state index contributed by atoms with van der Waals surface area (Å²) in [6.45, 7) is 1.82. The molecule has 5 heteroatoms. The van der Waals surface area contributed by atoms with E-state index in [4.69, 9.17) is 12.2 Å². The van der Waals surface area contributed by atoms with Gasteiger partial charge in [0.05, 0.1) is 17.4 Å². The lowest BCUT2D eigenvalue weighted by atomic mass is 9.83. The van der Waals surface area contributed by atoms with Gasteiger partial charge < -0.3 is 9.88 Å². The third-order valence-corrected chi connectivity index (χ3v) is 3.76. The lowest BCUT2D eigenvalue weighted by molar-refractivity contribution is 0.805. The molecule has 96 valence electrons. The van der Waals surface area contributed by atoms with Gasteiger partial charge >= 0.3 is 0 Å². The number of hydrogen-bond acceptors (Lipinski definition) is 3. The molecule has 0 aliphatic carbocycles. The fourth-order valence-electron chi connectivity index (χ4n) is 1.88. The molecule has 1 heterocycles. The molecule has 1 unspecified atom stereocenters. The number of aromatic nitrogens is 2. The van der Waals surface area contributed by atoms with E-state index < -0.39 is 5.41 Å². The maximum atomic E-state index is 9.40. The third kappa shape index (κ3) is 2.35. The molecule has 1 atom stereocenters. The first-order valence-corrected chi connectivity index (χ1v) is 6.25. The predicted molar refractivity (Wildman–Crippen MR) is 78.2 cm³/mol. The molecule has 0 spiro atoms. The number of imidazole rings is 1. The van der Waals surface area contributed by atoms with Crippen molar-refractivity contribution in [1.29, 1.82) is 5.26 Å². The van der Waals surface area contributed by atoms with Gasteiger partial charge in [-0.05, 0) is 24.6 Å². The Hall–Kier alpha value is -2.19. The fraction of sp³-hybridized carbons (Fsp3) is 0.214. The molecule has 0 aliphatic rings. The Bertz CT molecular complexity index is 610. The van der Waals surface area contributed by atoms with Gasteiger partial charge in [0.15, 0.2) is 0 Å². The van der Waals surface area contributed by atoms with Crippen molar-refractivity contribution in [3.8, 4) is 11.8 Å². The standard InChI is InChI=1S/C14H14N4S/c1-14(9-15,13(19)16-2)11-3-5-12(6-4-11)18-8-7-17-10-18/h3-8,10H,1-2H3,(H,16,19). The van der Waals surface area contributed by atoms with Gasteiger partial charge in [-0.1, -0.05) is 24.4 Å². The number of nitriles is 1. The van der Waals surface area contributed by atoms with E-state index in [0.29, 0.717) is 4.99 Å². The highest BCUT2D eigenvalue weighted by Crippen LogP contribution is 2.25. The number of likely N-dealkylation sites (N-methyl/N-ethyl adjacent to an activating group) is 1. The fourth-order valence-corrected chi connectivity index (χ4v) is 2.04. The van der Waals surface area contributed by atoms with Crippen LogP contribution in [0.25, 0.3) is 5.69 Å². The normalized spacial score (nSPS) is 13.3. The Balaban J connectivity index is 2.38. The zero-order valence-electron chi connectivity index (χ0n) is 10.8. The molecule has 0 fully saturated rings. The third-order valence-electron chi connectivity index (χ3n) is 3.15.